The summed E-state index contributed by atoms with van der Waals surface area (Å²) >= 11 is 0. The lowest BCUT2D eigenvalue weighted by atomic mass is 10.2. The minimum Gasteiger partial charge on any atom is -0.352 e. The number of hydrogen-bond acceptors (Lipinski definition) is 3. The summed E-state index contributed by atoms with van der Waals surface area (Å²) in [6.45, 7) is 7.80. The first-order chi connectivity index (χ1) is 13.1. The molecule has 27 heavy (non-hydrogen) atoms. The number of hydrogen-bond donors (Lipinski definition) is 1. The Morgan fingerprint density at radius 3 is 2.30 bits per heavy atom. The summed E-state index contributed by atoms with van der Waals surface area (Å²) in [6.07, 6.45) is 2.25. The fraction of sp³-hybridized carbons (Fsp3) is 0.600. The van der Waals surface area contributed by atoms with E-state index in [9.17, 15) is 9.18 Å². The van der Waals surface area contributed by atoms with Crippen LogP contribution in [0.15, 0.2) is 29.3 Å². The van der Waals surface area contributed by atoms with E-state index in [4.69, 9.17) is 0 Å². The molecule has 1 atom stereocenters. The van der Waals surface area contributed by atoms with Crippen LogP contribution in [0, 0.1) is 5.82 Å². The van der Waals surface area contributed by atoms with Crippen LogP contribution < -0.4 is 5.32 Å². The van der Waals surface area contributed by atoms with Gasteiger partial charge in [0.25, 0.3) is 0 Å². The number of aliphatic imine (C=N–C) groups is 1. The molecule has 1 N–H and O–H groups in total. The Bertz CT molecular complexity index is 649. The van der Waals surface area contributed by atoms with Gasteiger partial charge in [-0.15, -0.1) is 0 Å². The lowest BCUT2D eigenvalue weighted by molar-refractivity contribution is -0.135. The number of piperazine rings is 1. The van der Waals surface area contributed by atoms with Gasteiger partial charge in [0.15, 0.2) is 5.96 Å². The first-order valence-electron chi connectivity index (χ1n) is 9.81. The molecule has 0 radical (unpaired) electrons. The summed E-state index contributed by atoms with van der Waals surface area (Å²) in [4.78, 5) is 23.5. The van der Waals surface area contributed by atoms with Gasteiger partial charge in [-0.25, -0.2) is 4.39 Å². The van der Waals surface area contributed by atoms with Crippen molar-refractivity contribution in [2.45, 2.75) is 32.4 Å². The van der Waals surface area contributed by atoms with E-state index in [1.54, 1.807) is 19.2 Å². The first-order valence-corrected chi connectivity index (χ1v) is 9.81. The van der Waals surface area contributed by atoms with Crippen molar-refractivity contribution in [1.82, 2.24) is 20.0 Å². The SMILES string of the molecule is CN=C(NCc1ccc(F)cc1)N1CCN(C(C)C(=O)N2CCCC2)CC1. The van der Waals surface area contributed by atoms with E-state index in [-0.39, 0.29) is 17.8 Å². The fourth-order valence-corrected chi connectivity index (χ4v) is 3.79. The maximum absolute atomic E-state index is 13.0. The minimum atomic E-state index is -0.225. The summed E-state index contributed by atoms with van der Waals surface area (Å²) in [5.41, 5.74) is 1.01. The lowest BCUT2D eigenvalue weighted by Crippen LogP contribution is -2.57. The standard InChI is InChI=1S/C20H30FN5O/c1-16(19(27)25-9-3-4-10-25)24-11-13-26(14-12-24)20(22-2)23-15-17-5-7-18(21)8-6-17/h5-8,16H,3-4,9-15H2,1-2H3,(H,22,23). The number of nitrogens with one attached hydrogen (secondary N) is 1. The molecule has 0 aliphatic carbocycles. The summed E-state index contributed by atoms with van der Waals surface area (Å²) in [6, 6.07) is 6.44. The van der Waals surface area contributed by atoms with Crippen LogP contribution >= 0.6 is 0 Å². The van der Waals surface area contributed by atoms with Crippen LogP contribution in [0.5, 0.6) is 0 Å². The van der Waals surface area contributed by atoms with Gasteiger partial charge >= 0.3 is 0 Å². The van der Waals surface area contributed by atoms with E-state index in [0.717, 1.165) is 63.6 Å². The molecular formula is C20H30FN5O. The van der Waals surface area contributed by atoms with Gasteiger partial charge in [0.1, 0.15) is 5.82 Å². The van der Waals surface area contributed by atoms with Crippen LogP contribution in [-0.2, 0) is 11.3 Å². The Labute approximate surface area is 161 Å². The van der Waals surface area contributed by atoms with Crippen LogP contribution in [0.4, 0.5) is 4.39 Å². The zero-order chi connectivity index (χ0) is 19.2. The maximum atomic E-state index is 13.0. The predicted octanol–water partition coefficient (Wildman–Crippen LogP) is 1.53. The van der Waals surface area contributed by atoms with Crippen molar-refractivity contribution >= 4 is 11.9 Å². The van der Waals surface area contributed by atoms with Crippen molar-refractivity contribution in [2.24, 2.45) is 4.99 Å². The van der Waals surface area contributed by atoms with E-state index >= 15 is 0 Å². The Kier molecular flexibility index (Phi) is 6.66. The van der Waals surface area contributed by atoms with E-state index in [1.165, 1.54) is 12.1 Å². The van der Waals surface area contributed by atoms with Gasteiger partial charge in [0.2, 0.25) is 5.91 Å². The number of halogens is 1. The summed E-state index contributed by atoms with van der Waals surface area (Å²) in [7, 11) is 1.78. The highest BCUT2D eigenvalue weighted by atomic mass is 19.1. The second kappa shape index (κ2) is 9.17. The van der Waals surface area contributed by atoms with Gasteiger partial charge in [-0.05, 0) is 37.5 Å². The second-order valence-corrected chi connectivity index (χ2v) is 7.26. The normalized spacial score (nSPS) is 20.0. The number of carbonyl (C=O) groups excluding carboxylic acids is 1. The van der Waals surface area contributed by atoms with Gasteiger partial charge in [0, 0.05) is 52.9 Å². The third-order valence-electron chi connectivity index (χ3n) is 5.51. The highest BCUT2D eigenvalue weighted by Crippen LogP contribution is 2.14. The van der Waals surface area contributed by atoms with Crippen LogP contribution in [0.25, 0.3) is 0 Å². The van der Waals surface area contributed by atoms with Crippen molar-refractivity contribution in [1.29, 1.82) is 0 Å². The van der Waals surface area contributed by atoms with Crippen LogP contribution in [0.1, 0.15) is 25.3 Å². The molecule has 1 aromatic carbocycles. The molecule has 0 bridgehead atoms. The number of rotatable bonds is 4. The van der Waals surface area contributed by atoms with Gasteiger partial charge in [-0.1, -0.05) is 12.1 Å². The summed E-state index contributed by atoms with van der Waals surface area (Å²) in [5, 5.41) is 3.35. The average Bonchev–Trinajstić information content (AvgIpc) is 3.24. The topological polar surface area (TPSA) is 51.2 Å². The Balaban J connectivity index is 1.48. The molecule has 148 valence electrons. The monoisotopic (exact) mass is 375 g/mol. The smallest absolute Gasteiger partial charge is 0.239 e. The summed E-state index contributed by atoms with van der Waals surface area (Å²) < 4.78 is 13.0. The van der Waals surface area contributed by atoms with Crippen molar-refractivity contribution in [3.05, 3.63) is 35.6 Å². The number of nitrogens with zero attached hydrogens (tertiary/aromatic N) is 4. The van der Waals surface area contributed by atoms with Crippen molar-refractivity contribution < 1.29 is 9.18 Å². The maximum Gasteiger partial charge on any atom is 0.239 e. The lowest BCUT2D eigenvalue weighted by Gasteiger charge is -2.39. The largest absolute Gasteiger partial charge is 0.352 e. The van der Waals surface area contributed by atoms with Crippen LogP contribution in [0.3, 0.4) is 0 Å². The van der Waals surface area contributed by atoms with Crippen molar-refractivity contribution in [2.75, 3.05) is 46.3 Å². The Morgan fingerprint density at radius 2 is 1.70 bits per heavy atom. The molecule has 0 aromatic heterocycles. The average molecular weight is 375 g/mol. The second-order valence-electron chi connectivity index (χ2n) is 7.26. The predicted molar refractivity (Wildman–Crippen MR) is 105 cm³/mol. The Morgan fingerprint density at radius 1 is 1.07 bits per heavy atom. The molecule has 2 aliphatic heterocycles. The highest BCUT2D eigenvalue weighted by Gasteiger charge is 2.30. The minimum absolute atomic E-state index is 0.0561. The summed E-state index contributed by atoms with van der Waals surface area (Å²) in [5.74, 6) is 0.883. The molecular weight excluding hydrogens is 345 g/mol. The van der Waals surface area contributed by atoms with E-state index in [0.29, 0.717) is 6.54 Å². The molecule has 0 saturated carbocycles. The molecule has 6 nitrogen and oxygen atoms in total. The van der Waals surface area contributed by atoms with Crippen LogP contribution in [0.2, 0.25) is 0 Å². The first kappa shape index (κ1) is 19.6. The molecule has 1 amide bonds. The molecule has 2 heterocycles. The van der Waals surface area contributed by atoms with Gasteiger partial charge < -0.3 is 15.1 Å². The third-order valence-corrected chi connectivity index (χ3v) is 5.51. The zero-order valence-corrected chi connectivity index (χ0v) is 16.3. The van der Waals surface area contributed by atoms with E-state index < -0.39 is 0 Å². The van der Waals surface area contributed by atoms with Gasteiger partial charge in [-0.2, -0.15) is 0 Å². The molecule has 2 aliphatic rings. The molecule has 2 fully saturated rings. The van der Waals surface area contributed by atoms with Crippen molar-refractivity contribution in [3.8, 4) is 0 Å². The molecule has 0 spiro atoms. The van der Waals surface area contributed by atoms with E-state index in [2.05, 4.69) is 20.1 Å². The number of benzene rings is 1. The molecule has 3 rings (SSSR count). The number of guanidine groups is 1. The third kappa shape index (κ3) is 4.97. The molecule has 7 heteroatoms. The molecule has 2 saturated heterocycles. The quantitative estimate of drug-likeness (QED) is 0.641. The molecule has 1 unspecified atom stereocenters. The van der Waals surface area contributed by atoms with Crippen LogP contribution in [-0.4, -0.2) is 78.9 Å². The number of amides is 1. The zero-order valence-electron chi connectivity index (χ0n) is 16.3. The fourth-order valence-electron chi connectivity index (χ4n) is 3.79. The molecule has 1 aromatic rings. The number of likely N-dealkylation sites (tertiary alicyclic amines) is 1. The number of carbonyl (C=O) groups is 1. The van der Waals surface area contributed by atoms with Crippen molar-refractivity contribution in [3.63, 3.8) is 0 Å². The Hall–Kier alpha value is -2.15. The van der Waals surface area contributed by atoms with Gasteiger partial charge in [0.05, 0.1) is 6.04 Å². The van der Waals surface area contributed by atoms with Gasteiger partial charge in [-0.3, -0.25) is 14.7 Å². The highest BCUT2D eigenvalue weighted by molar-refractivity contribution is 5.82. The van der Waals surface area contributed by atoms with E-state index in [1.807, 2.05) is 11.8 Å².